The second-order valence-electron chi connectivity index (χ2n) is 4.88. The van der Waals surface area contributed by atoms with Gasteiger partial charge in [-0.25, -0.2) is 4.83 Å². The second-order valence-corrected chi connectivity index (χ2v) is 6.95. The molecule has 0 aliphatic rings. The largest absolute Gasteiger partial charge is 0.276 e. The maximum Gasteiger partial charge on any atom is 0.276 e. The number of hydrogen-bond acceptors (Lipinski definition) is 3. The molecule has 4 nitrogen and oxygen atoms in total. The van der Waals surface area contributed by atoms with E-state index in [1.54, 1.807) is 42.5 Å². The highest BCUT2D eigenvalue weighted by molar-refractivity contribution is 7.89. The van der Waals surface area contributed by atoms with Crippen LogP contribution in [-0.2, 0) is 10.0 Å². The fraction of sp³-hybridized carbons (Fsp3) is 0. The molecule has 0 fully saturated rings. The lowest BCUT2D eigenvalue weighted by molar-refractivity contribution is 0.585. The van der Waals surface area contributed by atoms with Gasteiger partial charge < -0.3 is 0 Å². The summed E-state index contributed by atoms with van der Waals surface area (Å²) >= 11 is 5.99. The van der Waals surface area contributed by atoms with Gasteiger partial charge in [0.25, 0.3) is 10.0 Å². The van der Waals surface area contributed by atoms with Crippen molar-refractivity contribution in [1.29, 1.82) is 0 Å². The van der Waals surface area contributed by atoms with Gasteiger partial charge in [-0.05, 0) is 29.0 Å². The van der Waals surface area contributed by atoms with Crippen LogP contribution in [0.5, 0.6) is 0 Å². The van der Waals surface area contributed by atoms with E-state index in [4.69, 9.17) is 11.6 Å². The van der Waals surface area contributed by atoms with Crippen LogP contribution in [0.25, 0.3) is 10.8 Å². The van der Waals surface area contributed by atoms with Crippen molar-refractivity contribution >= 4 is 38.6 Å². The highest BCUT2D eigenvalue weighted by Gasteiger charge is 2.13. The Balaban J connectivity index is 1.84. The van der Waals surface area contributed by atoms with Crippen molar-refractivity contribution in [2.45, 2.75) is 4.90 Å². The first-order valence-corrected chi connectivity index (χ1v) is 8.70. The standard InChI is InChI=1S/C17H13ClN2O2S/c18-17-8-4-3-7-15(17)12-19-20-23(21,22)16-10-9-13-5-1-2-6-14(13)11-16/h1-12,20H. The third-order valence-corrected chi connectivity index (χ3v) is 4.88. The Kier molecular flexibility index (Phi) is 4.32. The molecule has 0 saturated carbocycles. The predicted octanol–water partition coefficient (Wildman–Crippen LogP) is 3.81. The third-order valence-electron chi connectivity index (χ3n) is 3.31. The van der Waals surface area contributed by atoms with Crippen molar-refractivity contribution < 1.29 is 8.42 Å². The molecule has 0 aliphatic heterocycles. The van der Waals surface area contributed by atoms with Crippen molar-refractivity contribution in [1.82, 2.24) is 4.83 Å². The molecular weight excluding hydrogens is 332 g/mol. The molecule has 3 aromatic rings. The Hall–Kier alpha value is -2.37. The first-order chi connectivity index (χ1) is 11.1. The molecule has 3 rings (SSSR count). The smallest absolute Gasteiger partial charge is 0.200 e. The summed E-state index contributed by atoms with van der Waals surface area (Å²) in [5.74, 6) is 0. The molecule has 0 heterocycles. The molecular formula is C17H13ClN2O2S. The lowest BCUT2D eigenvalue weighted by atomic mass is 10.1. The van der Waals surface area contributed by atoms with Crippen LogP contribution in [0.2, 0.25) is 5.02 Å². The van der Waals surface area contributed by atoms with Gasteiger partial charge in [-0.15, -0.1) is 0 Å². The van der Waals surface area contributed by atoms with Gasteiger partial charge in [0.2, 0.25) is 0 Å². The number of nitrogens with zero attached hydrogens (tertiary/aromatic N) is 1. The molecule has 0 aliphatic carbocycles. The van der Waals surface area contributed by atoms with Gasteiger partial charge in [0.1, 0.15) is 0 Å². The molecule has 0 amide bonds. The average Bonchev–Trinajstić information content (AvgIpc) is 2.56. The highest BCUT2D eigenvalue weighted by Crippen LogP contribution is 2.19. The van der Waals surface area contributed by atoms with Crippen LogP contribution in [0, 0.1) is 0 Å². The van der Waals surface area contributed by atoms with Crippen molar-refractivity contribution in [2.75, 3.05) is 0 Å². The molecule has 0 atom stereocenters. The summed E-state index contributed by atoms with van der Waals surface area (Å²) in [6.07, 6.45) is 1.38. The van der Waals surface area contributed by atoms with Crippen molar-refractivity contribution in [2.24, 2.45) is 5.10 Å². The fourth-order valence-corrected chi connectivity index (χ4v) is 3.14. The van der Waals surface area contributed by atoms with Gasteiger partial charge in [-0.1, -0.05) is 60.1 Å². The molecule has 0 bridgehead atoms. The Morgan fingerprint density at radius 3 is 2.39 bits per heavy atom. The predicted molar refractivity (Wildman–Crippen MR) is 93.3 cm³/mol. The topological polar surface area (TPSA) is 58.5 Å². The minimum atomic E-state index is -3.73. The minimum Gasteiger partial charge on any atom is -0.200 e. The molecule has 23 heavy (non-hydrogen) atoms. The number of fused-ring (bicyclic) bond motifs is 1. The third kappa shape index (κ3) is 3.52. The van der Waals surface area contributed by atoms with E-state index in [2.05, 4.69) is 9.93 Å². The number of sulfonamides is 1. The zero-order chi connectivity index (χ0) is 16.3. The lowest BCUT2D eigenvalue weighted by Crippen LogP contribution is -2.18. The van der Waals surface area contributed by atoms with Crippen molar-refractivity contribution in [3.63, 3.8) is 0 Å². The maximum absolute atomic E-state index is 12.3. The van der Waals surface area contributed by atoms with Gasteiger partial charge in [-0.2, -0.15) is 13.5 Å². The molecule has 0 aromatic heterocycles. The van der Waals surface area contributed by atoms with E-state index in [-0.39, 0.29) is 4.90 Å². The van der Waals surface area contributed by atoms with Gasteiger partial charge in [0.15, 0.2) is 0 Å². The number of nitrogens with one attached hydrogen (secondary N) is 1. The maximum atomic E-state index is 12.3. The first-order valence-electron chi connectivity index (χ1n) is 6.84. The van der Waals surface area contributed by atoms with Crippen molar-refractivity contribution in [3.05, 3.63) is 77.3 Å². The van der Waals surface area contributed by atoms with Crippen LogP contribution in [0.15, 0.2) is 76.7 Å². The molecule has 6 heteroatoms. The first kappa shape index (κ1) is 15.5. The summed E-state index contributed by atoms with van der Waals surface area (Å²) in [6.45, 7) is 0. The van der Waals surface area contributed by atoms with E-state index in [0.717, 1.165) is 10.8 Å². The van der Waals surface area contributed by atoms with Crippen LogP contribution < -0.4 is 4.83 Å². The van der Waals surface area contributed by atoms with E-state index in [9.17, 15) is 8.42 Å². The van der Waals surface area contributed by atoms with E-state index in [1.165, 1.54) is 6.21 Å². The second kappa shape index (κ2) is 6.40. The summed E-state index contributed by atoms with van der Waals surface area (Å²) in [6, 6.07) is 19.5. The van der Waals surface area contributed by atoms with Gasteiger partial charge in [0, 0.05) is 10.6 Å². The Morgan fingerprint density at radius 2 is 1.61 bits per heavy atom. The summed E-state index contributed by atoms with van der Waals surface area (Å²) in [5.41, 5.74) is 0.635. The van der Waals surface area contributed by atoms with E-state index < -0.39 is 10.0 Å². The summed E-state index contributed by atoms with van der Waals surface area (Å²) in [5, 5.41) is 6.11. The molecule has 0 saturated heterocycles. The SMILES string of the molecule is O=S(=O)(NN=Cc1ccccc1Cl)c1ccc2ccccc2c1. The Bertz CT molecular complexity index is 985. The molecule has 0 radical (unpaired) electrons. The van der Waals surface area contributed by atoms with Gasteiger partial charge in [-0.3, -0.25) is 0 Å². The molecule has 1 N–H and O–H groups in total. The zero-order valence-electron chi connectivity index (χ0n) is 12.0. The highest BCUT2D eigenvalue weighted by atomic mass is 35.5. The zero-order valence-corrected chi connectivity index (χ0v) is 13.6. The minimum absolute atomic E-state index is 0.160. The molecule has 116 valence electrons. The molecule has 0 spiro atoms. The lowest BCUT2D eigenvalue weighted by Gasteiger charge is -2.05. The number of benzene rings is 3. The van der Waals surface area contributed by atoms with E-state index in [1.807, 2.05) is 24.3 Å². The summed E-state index contributed by atoms with van der Waals surface area (Å²) < 4.78 is 24.6. The van der Waals surface area contributed by atoms with Crippen molar-refractivity contribution in [3.8, 4) is 0 Å². The monoisotopic (exact) mass is 344 g/mol. The summed E-state index contributed by atoms with van der Waals surface area (Å²) in [4.78, 5) is 2.36. The quantitative estimate of drug-likeness (QED) is 0.578. The number of hydrazone groups is 1. The van der Waals surface area contributed by atoms with E-state index in [0.29, 0.717) is 10.6 Å². The Morgan fingerprint density at radius 1 is 0.913 bits per heavy atom. The van der Waals surface area contributed by atoms with E-state index >= 15 is 0 Å². The van der Waals surface area contributed by atoms with Gasteiger partial charge in [0.05, 0.1) is 11.1 Å². The van der Waals surface area contributed by atoms with Crippen LogP contribution in [0.4, 0.5) is 0 Å². The van der Waals surface area contributed by atoms with Crippen LogP contribution in [0.3, 0.4) is 0 Å². The Labute approximate surface area is 139 Å². The van der Waals surface area contributed by atoms with Crippen LogP contribution in [-0.4, -0.2) is 14.6 Å². The number of halogens is 1. The molecule has 0 unspecified atom stereocenters. The number of rotatable bonds is 4. The van der Waals surface area contributed by atoms with Crippen LogP contribution in [0.1, 0.15) is 5.56 Å². The van der Waals surface area contributed by atoms with Crippen LogP contribution >= 0.6 is 11.6 Å². The fourth-order valence-electron chi connectivity index (χ4n) is 2.13. The summed E-state index contributed by atoms with van der Waals surface area (Å²) in [7, 11) is -3.73. The average molecular weight is 345 g/mol. The van der Waals surface area contributed by atoms with Gasteiger partial charge >= 0.3 is 0 Å². The normalized spacial score (nSPS) is 11.9. The molecule has 3 aromatic carbocycles. The number of hydrogen-bond donors (Lipinski definition) is 1.